The summed E-state index contributed by atoms with van der Waals surface area (Å²) >= 11 is 0. The molecule has 0 heterocycles. The smallest absolute Gasteiger partial charge is 0.294 e. The van der Waals surface area contributed by atoms with Gasteiger partial charge < -0.3 is 5.73 Å². The first kappa shape index (κ1) is 13.1. The minimum Gasteiger partial charge on any atom is -0.326 e. The van der Waals surface area contributed by atoms with E-state index >= 15 is 0 Å². The van der Waals surface area contributed by atoms with Crippen molar-refractivity contribution in [3.63, 3.8) is 0 Å². The summed E-state index contributed by atoms with van der Waals surface area (Å²) in [7, 11) is -9.17. The molecule has 90 valence electrons. The molecule has 1 aromatic rings. The fourth-order valence-electron chi connectivity index (χ4n) is 1.23. The standard InChI is InChI=1S/C7H9NO6S2/c8-4-5-6(15(9,10)11)2-1-3-7(5)16(12,13)14/h1-3H,4,8H2,(H,9,10,11)(H,12,13,14). The maximum atomic E-state index is 10.9. The molecule has 1 aromatic carbocycles. The van der Waals surface area contributed by atoms with Gasteiger partial charge in [-0.1, -0.05) is 6.07 Å². The van der Waals surface area contributed by atoms with E-state index in [1.807, 2.05) is 0 Å². The molecule has 0 aliphatic carbocycles. The highest BCUT2D eigenvalue weighted by atomic mass is 32.2. The molecule has 0 fully saturated rings. The predicted molar refractivity (Wildman–Crippen MR) is 54.0 cm³/mol. The Labute approximate surface area is 92.4 Å². The normalized spacial score (nSPS) is 12.7. The third kappa shape index (κ3) is 2.57. The van der Waals surface area contributed by atoms with Crippen molar-refractivity contribution in [2.75, 3.05) is 0 Å². The number of hydrogen-bond acceptors (Lipinski definition) is 5. The second-order valence-corrected chi connectivity index (χ2v) is 5.67. The molecule has 0 saturated carbocycles. The van der Waals surface area contributed by atoms with Gasteiger partial charge in [0.2, 0.25) is 0 Å². The van der Waals surface area contributed by atoms with Crippen molar-refractivity contribution < 1.29 is 25.9 Å². The second kappa shape index (κ2) is 4.11. The zero-order chi connectivity index (χ0) is 12.6. The van der Waals surface area contributed by atoms with Gasteiger partial charge in [0, 0.05) is 12.1 Å². The van der Waals surface area contributed by atoms with Gasteiger partial charge in [0.25, 0.3) is 20.2 Å². The average Bonchev–Trinajstić information content (AvgIpc) is 2.13. The molecule has 4 N–H and O–H groups in total. The molecule has 0 amide bonds. The van der Waals surface area contributed by atoms with E-state index in [0.717, 1.165) is 18.2 Å². The fraction of sp³-hybridized carbons (Fsp3) is 0.143. The molecule has 0 aliphatic heterocycles. The lowest BCUT2D eigenvalue weighted by Crippen LogP contribution is -2.13. The van der Waals surface area contributed by atoms with Crippen LogP contribution in [0.4, 0.5) is 0 Å². The van der Waals surface area contributed by atoms with Crippen LogP contribution in [0.15, 0.2) is 28.0 Å². The van der Waals surface area contributed by atoms with Crippen LogP contribution in [0.3, 0.4) is 0 Å². The minimum absolute atomic E-state index is 0.354. The zero-order valence-corrected chi connectivity index (χ0v) is 9.49. The van der Waals surface area contributed by atoms with E-state index in [4.69, 9.17) is 14.8 Å². The zero-order valence-electron chi connectivity index (χ0n) is 7.86. The van der Waals surface area contributed by atoms with E-state index in [0.29, 0.717) is 0 Å². The van der Waals surface area contributed by atoms with Crippen LogP contribution in [-0.4, -0.2) is 25.9 Å². The first-order valence-corrected chi connectivity index (χ1v) is 6.83. The third-order valence-corrected chi connectivity index (χ3v) is 3.73. The predicted octanol–water partition coefficient (Wildman–Crippen LogP) is -0.361. The molecule has 0 aliphatic rings. The van der Waals surface area contributed by atoms with Crippen LogP contribution >= 0.6 is 0 Å². The topological polar surface area (TPSA) is 135 Å². The SMILES string of the molecule is NCc1c(S(=O)(=O)O)cccc1S(=O)(=O)O. The molecule has 7 nitrogen and oxygen atoms in total. The fourth-order valence-corrected chi connectivity index (χ4v) is 2.81. The molecule has 0 bridgehead atoms. The van der Waals surface area contributed by atoms with E-state index in [-0.39, 0.29) is 5.56 Å². The molecular weight excluding hydrogens is 258 g/mol. The molecule has 0 aromatic heterocycles. The van der Waals surface area contributed by atoms with Gasteiger partial charge in [0.05, 0.1) is 9.79 Å². The van der Waals surface area contributed by atoms with Crippen LogP contribution in [0.2, 0.25) is 0 Å². The largest absolute Gasteiger partial charge is 0.326 e. The van der Waals surface area contributed by atoms with Crippen molar-refractivity contribution in [3.05, 3.63) is 23.8 Å². The van der Waals surface area contributed by atoms with Crippen molar-refractivity contribution in [1.82, 2.24) is 0 Å². The lowest BCUT2D eigenvalue weighted by Gasteiger charge is -2.08. The van der Waals surface area contributed by atoms with Crippen molar-refractivity contribution in [2.45, 2.75) is 16.3 Å². The molecular formula is C7H9NO6S2. The van der Waals surface area contributed by atoms with Gasteiger partial charge in [-0.2, -0.15) is 16.8 Å². The van der Waals surface area contributed by atoms with Gasteiger partial charge in [0.15, 0.2) is 0 Å². The Balaban J connectivity index is 3.71. The Bertz CT molecular complexity index is 554. The van der Waals surface area contributed by atoms with Gasteiger partial charge in [-0.15, -0.1) is 0 Å². The highest BCUT2D eigenvalue weighted by Crippen LogP contribution is 2.22. The summed E-state index contributed by atoms with van der Waals surface area (Å²) in [5, 5.41) is 0. The quantitative estimate of drug-likeness (QED) is 0.636. The highest BCUT2D eigenvalue weighted by molar-refractivity contribution is 7.86. The van der Waals surface area contributed by atoms with Crippen molar-refractivity contribution in [1.29, 1.82) is 0 Å². The van der Waals surface area contributed by atoms with Gasteiger partial charge in [-0.25, -0.2) is 0 Å². The second-order valence-electron chi connectivity index (χ2n) is 2.89. The third-order valence-electron chi connectivity index (χ3n) is 1.85. The van der Waals surface area contributed by atoms with E-state index in [9.17, 15) is 16.8 Å². The van der Waals surface area contributed by atoms with Crippen molar-refractivity contribution >= 4 is 20.2 Å². The Kier molecular flexibility index (Phi) is 3.35. The van der Waals surface area contributed by atoms with Crippen LogP contribution in [0.5, 0.6) is 0 Å². The summed E-state index contributed by atoms with van der Waals surface area (Å²) in [5.74, 6) is 0. The van der Waals surface area contributed by atoms with Gasteiger partial charge >= 0.3 is 0 Å². The number of benzene rings is 1. The molecule has 1 rings (SSSR count). The number of hydrogen-bond donors (Lipinski definition) is 3. The van der Waals surface area contributed by atoms with Gasteiger partial charge in [-0.3, -0.25) is 9.11 Å². The van der Waals surface area contributed by atoms with E-state index in [1.54, 1.807) is 0 Å². The molecule has 0 atom stereocenters. The number of rotatable bonds is 3. The first-order chi connectivity index (χ1) is 7.18. The van der Waals surface area contributed by atoms with E-state index < -0.39 is 36.6 Å². The molecule has 16 heavy (non-hydrogen) atoms. The van der Waals surface area contributed by atoms with Crippen molar-refractivity contribution in [2.24, 2.45) is 5.73 Å². The summed E-state index contributed by atoms with van der Waals surface area (Å²) in [5.41, 5.74) is 4.84. The maximum absolute atomic E-state index is 10.9. The minimum atomic E-state index is -4.58. The van der Waals surface area contributed by atoms with E-state index in [2.05, 4.69) is 0 Å². The molecule has 0 saturated heterocycles. The molecule has 0 spiro atoms. The molecule has 0 unspecified atom stereocenters. The number of nitrogens with two attached hydrogens (primary N) is 1. The summed E-state index contributed by atoms with van der Waals surface area (Å²) in [6.45, 7) is -0.453. The summed E-state index contributed by atoms with van der Waals surface area (Å²) in [6.07, 6.45) is 0. The molecule has 9 heteroatoms. The summed E-state index contributed by atoms with van der Waals surface area (Å²) < 4.78 is 61.3. The monoisotopic (exact) mass is 267 g/mol. The Morgan fingerprint density at radius 2 is 1.38 bits per heavy atom. The van der Waals surface area contributed by atoms with Crippen LogP contribution in [0.25, 0.3) is 0 Å². The van der Waals surface area contributed by atoms with Crippen molar-refractivity contribution in [3.8, 4) is 0 Å². The van der Waals surface area contributed by atoms with E-state index in [1.165, 1.54) is 0 Å². The lowest BCUT2D eigenvalue weighted by atomic mass is 10.2. The average molecular weight is 267 g/mol. The maximum Gasteiger partial charge on any atom is 0.294 e. The van der Waals surface area contributed by atoms with Crippen LogP contribution < -0.4 is 5.73 Å². The van der Waals surface area contributed by atoms with Crippen LogP contribution in [0, 0.1) is 0 Å². The van der Waals surface area contributed by atoms with Crippen LogP contribution in [0.1, 0.15) is 5.56 Å². The highest BCUT2D eigenvalue weighted by Gasteiger charge is 2.22. The lowest BCUT2D eigenvalue weighted by molar-refractivity contribution is 0.478. The van der Waals surface area contributed by atoms with Gasteiger partial charge in [-0.05, 0) is 12.1 Å². The van der Waals surface area contributed by atoms with Crippen LogP contribution in [-0.2, 0) is 26.8 Å². The Hall–Kier alpha value is -1.00. The summed E-state index contributed by atoms with van der Waals surface area (Å²) in [6, 6.07) is 3.06. The molecule has 0 radical (unpaired) electrons. The Morgan fingerprint density at radius 1 is 1.00 bits per heavy atom. The van der Waals surface area contributed by atoms with Gasteiger partial charge in [0.1, 0.15) is 0 Å². The Morgan fingerprint density at radius 3 is 1.62 bits per heavy atom. The first-order valence-electron chi connectivity index (χ1n) is 3.95. The summed E-state index contributed by atoms with van der Waals surface area (Å²) in [4.78, 5) is -1.27.